The molecule has 1 rings (SSSR count). The van der Waals surface area contributed by atoms with Gasteiger partial charge in [0.1, 0.15) is 12.1 Å². The molecule has 0 atom stereocenters. The summed E-state index contributed by atoms with van der Waals surface area (Å²) in [7, 11) is 1.39. The quantitative estimate of drug-likeness (QED) is 0.773. The fourth-order valence-corrected chi connectivity index (χ4v) is 0.990. The van der Waals surface area contributed by atoms with Crippen LogP contribution >= 0.6 is 0 Å². The Balaban J connectivity index is 2.93. The lowest BCUT2D eigenvalue weighted by molar-refractivity contribution is -0.146. The van der Waals surface area contributed by atoms with Gasteiger partial charge < -0.3 is 9.67 Å². The van der Waals surface area contributed by atoms with Crippen LogP contribution < -0.4 is 0 Å². The molecule has 1 aromatic heterocycles. The number of carboxylic acid groups (broad SMARTS) is 1. The predicted molar refractivity (Wildman–Crippen MR) is 39.4 cm³/mol. The number of nitrogens with zero attached hydrogens (tertiary/aromatic N) is 2. The van der Waals surface area contributed by atoms with Crippen molar-refractivity contribution >= 4 is 5.97 Å². The zero-order chi connectivity index (χ0) is 10.1. The van der Waals surface area contributed by atoms with Crippen LogP contribution in [0.15, 0.2) is 12.5 Å². The minimum atomic E-state index is -3.36. The summed E-state index contributed by atoms with van der Waals surface area (Å²) in [5.41, 5.74) is -0.394. The van der Waals surface area contributed by atoms with Crippen molar-refractivity contribution in [2.24, 2.45) is 7.05 Å². The topological polar surface area (TPSA) is 55.1 Å². The number of aromatic nitrogens is 2. The van der Waals surface area contributed by atoms with Gasteiger partial charge in [-0.05, 0) is 0 Å². The molecule has 0 unspecified atom stereocenters. The fourth-order valence-electron chi connectivity index (χ4n) is 0.990. The molecule has 1 aromatic rings. The van der Waals surface area contributed by atoms with Gasteiger partial charge in [-0.15, -0.1) is 0 Å². The van der Waals surface area contributed by atoms with Crippen LogP contribution in [0.25, 0.3) is 0 Å². The molecule has 0 amide bonds. The standard InChI is InChI=1S/C7H8F2N2O2/c1-11-4-10-3-5(11)7(8,9)2-6(12)13/h3-4H,2H2,1H3,(H,12,13). The highest BCUT2D eigenvalue weighted by Crippen LogP contribution is 2.30. The molecule has 0 aliphatic rings. The van der Waals surface area contributed by atoms with Gasteiger partial charge in [-0.3, -0.25) is 4.79 Å². The number of carboxylic acids is 1. The summed E-state index contributed by atoms with van der Waals surface area (Å²) in [6, 6.07) is 0. The summed E-state index contributed by atoms with van der Waals surface area (Å²) in [4.78, 5) is 13.6. The number of carbonyl (C=O) groups is 1. The van der Waals surface area contributed by atoms with Gasteiger partial charge in [0.15, 0.2) is 0 Å². The lowest BCUT2D eigenvalue weighted by atomic mass is 10.2. The Labute approximate surface area is 72.8 Å². The maximum absolute atomic E-state index is 13.1. The molecule has 0 saturated heterocycles. The van der Waals surface area contributed by atoms with E-state index in [0.717, 1.165) is 10.8 Å². The van der Waals surface area contributed by atoms with Crippen LogP contribution in [-0.2, 0) is 17.8 Å². The predicted octanol–water partition coefficient (Wildman–Crippen LogP) is 0.987. The van der Waals surface area contributed by atoms with E-state index in [2.05, 4.69) is 4.98 Å². The Morgan fingerprint density at radius 2 is 2.38 bits per heavy atom. The molecule has 72 valence electrons. The van der Waals surface area contributed by atoms with E-state index < -0.39 is 24.0 Å². The van der Waals surface area contributed by atoms with E-state index >= 15 is 0 Å². The van der Waals surface area contributed by atoms with E-state index in [1.54, 1.807) is 0 Å². The third-order valence-corrected chi connectivity index (χ3v) is 1.56. The Kier molecular flexibility index (Phi) is 2.31. The molecule has 0 aromatic carbocycles. The van der Waals surface area contributed by atoms with Gasteiger partial charge in [-0.2, -0.15) is 8.78 Å². The average Bonchev–Trinajstić information content (AvgIpc) is 2.32. The Morgan fingerprint density at radius 1 is 1.77 bits per heavy atom. The summed E-state index contributed by atoms with van der Waals surface area (Å²) in [6.45, 7) is 0. The van der Waals surface area contributed by atoms with Crippen molar-refractivity contribution in [3.05, 3.63) is 18.2 Å². The molecular weight excluding hydrogens is 182 g/mol. The van der Waals surface area contributed by atoms with Gasteiger partial charge in [0.25, 0.3) is 5.92 Å². The maximum Gasteiger partial charge on any atom is 0.309 e. The first kappa shape index (κ1) is 9.63. The Hall–Kier alpha value is -1.46. The number of hydrogen-bond donors (Lipinski definition) is 1. The largest absolute Gasteiger partial charge is 0.481 e. The summed E-state index contributed by atoms with van der Waals surface area (Å²) in [5, 5.41) is 8.23. The van der Waals surface area contributed by atoms with Crippen molar-refractivity contribution in [1.29, 1.82) is 0 Å². The summed E-state index contributed by atoms with van der Waals surface area (Å²) >= 11 is 0. The molecule has 4 nitrogen and oxygen atoms in total. The molecule has 1 N–H and O–H groups in total. The number of rotatable bonds is 3. The van der Waals surface area contributed by atoms with Gasteiger partial charge in [-0.25, -0.2) is 4.98 Å². The van der Waals surface area contributed by atoms with E-state index in [-0.39, 0.29) is 0 Å². The van der Waals surface area contributed by atoms with E-state index in [4.69, 9.17) is 5.11 Å². The van der Waals surface area contributed by atoms with Crippen LogP contribution in [0.1, 0.15) is 12.1 Å². The SMILES string of the molecule is Cn1cncc1C(F)(F)CC(=O)O. The van der Waals surface area contributed by atoms with Gasteiger partial charge >= 0.3 is 5.97 Å². The van der Waals surface area contributed by atoms with Crippen LogP contribution in [0.5, 0.6) is 0 Å². The first-order chi connectivity index (χ1) is 5.93. The summed E-state index contributed by atoms with van der Waals surface area (Å²) in [6.07, 6.45) is 0.945. The van der Waals surface area contributed by atoms with E-state index in [1.807, 2.05) is 0 Å². The maximum atomic E-state index is 13.1. The Morgan fingerprint density at radius 3 is 2.77 bits per heavy atom. The zero-order valence-corrected chi connectivity index (χ0v) is 6.87. The third kappa shape index (κ3) is 2.01. The normalized spacial score (nSPS) is 11.6. The zero-order valence-electron chi connectivity index (χ0n) is 6.87. The molecule has 0 fully saturated rings. The van der Waals surface area contributed by atoms with Crippen molar-refractivity contribution in [2.75, 3.05) is 0 Å². The van der Waals surface area contributed by atoms with Crippen LogP contribution in [0, 0.1) is 0 Å². The molecule has 13 heavy (non-hydrogen) atoms. The monoisotopic (exact) mass is 190 g/mol. The number of imidazole rings is 1. The highest BCUT2D eigenvalue weighted by molar-refractivity contribution is 5.68. The molecule has 0 aliphatic carbocycles. The second-order valence-corrected chi connectivity index (χ2v) is 2.66. The third-order valence-electron chi connectivity index (χ3n) is 1.56. The van der Waals surface area contributed by atoms with Crippen molar-refractivity contribution in [1.82, 2.24) is 9.55 Å². The second kappa shape index (κ2) is 3.12. The van der Waals surface area contributed by atoms with Crippen molar-refractivity contribution in [3.63, 3.8) is 0 Å². The van der Waals surface area contributed by atoms with E-state index in [1.165, 1.54) is 13.4 Å². The lowest BCUT2D eigenvalue weighted by Crippen LogP contribution is -2.21. The average molecular weight is 190 g/mol. The molecule has 6 heteroatoms. The minimum Gasteiger partial charge on any atom is -0.481 e. The highest BCUT2D eigenvalue weighted by atomic mass is 19.3. The van der Waals surface area contributed by atoms with Gasteiger partial charge in [0, 0.05) is 7.05 Å². The summed E-state index contributed by atoms with van der Waals surface area (Å²) < 4.78 is 27.2. The van der Waals surface area contributed by atoms with Crippen molar-refractivity contribution < 1.29 is 18.7 Å². The van der Waals surface area contributed by atoms with Crippen LogP contribution in [-0.4, -0.2) is 20.6 Å². The van der Waals surface area contributed by atoms with Gasteiger partial charge in [-0.1, -0.05) is 0 Å². The van der Waals surface area contributed by atoms with Crippen LogP contribution in [0.2, 0.25) is 0 Å². The van der Waals surface area contributed by atoms with Crippen LogP contribution in [0.3, 0.4) is 0 Å². The highest BCUT2D eigenvalue weighted by Gasteiger charge is 2.37. The molecule has 0 spiro atoms. The van der Waals surface area contributed by atoms with Crippen molar-refractivity contribution in [3.8, 4) is 0 Å². The molecular formula is C7H8F2N2O2. The lowest BCUT2D eigenvalue weighted by Gasteiger charge is -2.13. The van der Waals surface area contributed by atoms with Crippen LogP contribution in [0.4, 0.5) is 8.78 Å². The first-order valence-corrected chi connectivity index (χ1v) is 3.50. The van der Waals surface area contributed by atoms with E-state index in [9.17, 15) is 13.6 Å². The molecule has 0 aliphatic heterocycles. The smallest absolute Gasteiger partial charge is 0.309 e. The number of aryl methyl sites for hydroxylation is 1. The molecule has 0 saturated carbocycles. The molecule has 0 bridgehead atoms. The molecule has 0 radical (unpaired) electrons. The molecule has 1 heterocycles. The number of aliphatic carboxylic acids is 1. The first-order valence-electron chi connectivity index (χ1n) is 3.50. The second-order valence-electron chi connectivity index (χ2n) is 2.66. The minimum absolute atomic E-state index is 0.394. The number of alkyl halides is 2. The summed E-state index contributed by atoms with van der Waals surface area (Å²) in [5.74, 6) is -4.90. The van der Waals surface area contributed by atoms with Crippen molar-refractivity contribution in [2.45, 2.75) is 12.3 Å². The van der Waals surface area contributed by atoms with Gasteiger partial charge in [0.2, 0.25) is 0 Å². The number of halogens is 2. The number of hydrogen-bond acceptors (Lipinski definition) is 2. The van der Waals surface area contributed by atoms with Gasteiger partial charge in [0.05, 0.1) is 12.5 Å². The Bertz CT molecular complexity index is 322. The fraction of sp³-hybridized carbons (Fsp3) is 0.429. The van der Waals surface area contributed by atoms with E-state index in [0.29, 0.717) is 0 Å².